The standard InChI is InChI=1S/C21H36O4Si/c1-5-7-18-8-10-19(11-9-18)20-12-14-21(15-13-20)25-16-6-17-26(22-2,23-3)24-4/h8-11,20-21H,5-7,12-17H2,1-4H3/t20-,21-. The molecule has 26 heavy (non-hydrogen) atoms. The van der Waals surface area contributed by atoms with E-state index in [0.29, 0.717) is 12.0 Å². The van der Waals surface area contributed by atoms with E-state index in [1.165, 1.54) is 36.8 Å². The van der Waals surface area contributed by atoms with Crippen molar-refractivity contribution in [1.29, 1.82) is 0 Å². The summed E-state index contributed by atoms with van der Waals surface area (Å²) in [5.74, 6) is 0.695. The van der Waals surface area contributed by atoms with Crippen molar-refractivity contribution in [3.63, 3.8) is 0 Å². The third kappa shape index (κ3) is 6.17. The zero-order chi connectivity index (χ0) is 18.8. The molecular formula is C21H36O4Si. The minimum atomic E-state index is -2.45. The van der Waals surface area contributed by atoms with E-state index in [2.05, 4.69) is 31.2 Å². The van der Waals surface area contributed by atoms with Gasteiger partial charge in [0, 0.05) is 34.0 Å². The lowest BCUT2D eigenvalue weighted by Gasteiger charge is -2.29. The molecule has 148 valence electrons. The van der Waals surface area contributed by atoms with Gasteiger partial charge in [-0.15, -0.1) is 0 Å². The average molecular weight is 381 g/mol. The van der Waals surface area contributed by atoms with Crippen LogP contribution in [-0.2, 0) is 24.4 Å². The molecule has 0 unspecified atom stereocenters. The quantitative estimate of drug-likeness (QED) is 0.402. The molecule has 1 saturated carbocycles. The van der Waals surface area contributed by atoms with Crippen LogP contribution in [0.4, 0.5) is 0 Å². The summed E-state index contributed by atoms with van der Waals surface area (Å²) in [5.41, 5.74) is 2.95. The van der Waals surface area contributed by atoms with Crippen molar-refractivity contribution in [2.75, 3.05) is 27.9 Å². The largest absolute Gasteiger partial charge is 0.500 e. The summed E-state index contributed by atoms with van der Waals surface area (Å²) in [4.78, 5) is 0. The van der Waals surface area contributed by atoms with Crippen molar-refractivity contribution in [2.24, 2.45) is 0 Å². The summed E-state index contributed by atoms with van der Waals surface area (Å²) in [6.07, 6.45) is 8.47. The highest BCUT2D eigenvalue weighted by Crippen LogP contribution is 2.34. The van der Waals surface area contributed by atoms with Crippen molar-refractivity contribution < 1.29 is 18.0 Å². The second-order valence-electron chi connectivity index (χ2n) is 7.23. The molecule has 0 bridgehead atoms. The molecule has 1 aromatic carbocycles. The van der Waals surface area contributed by atoms with Crippen molar-refractivity contribution >= 4 is 8.80 Å². The lowest BCUT2D eigenvalue weighted by Crippen LogP contribution is -2.42. The zero-order valence-electron chi connectivity index (χ0n) is 17.0. The van der Waals surface area contributed by atoms with Crippen LogP contribution in [-0.4, -0.2) is 42.8 Å². The van der Waals surface area contributed by atoms with E-state index in [-0.39, 0.29) is 0 Å². The van der Waals surface area contributed by atoms with Gasteiger partial charge in [0.1, 0.15) is 0 Å². The first kappa shape index (κ1) is 21.6. The second-order valence-corrected chi connectivity index (χ2v) is 10.3. The topological polar surface area (TPSA) is 36.9 Å². The van der Waals surface area contributed by atoms with Crippen LogP contribution in [0.3, 0.4) is 0 Å². The zero-order valence-corrected chi connectivity index (χ0v) is 18.0. The lowest BCUT2D eigenvalue weighted by molar-refractivity contribution is 0.0225. The maximum Gasteiger partial charge on any atom is 0.500 e. The maximum absolute atomic E-state index is 6.10. The first-order chi connectivity index (χ1) is 12.7. The smallest absolute Gasteiger partial charge is 0.378 e. The number of ether oxygens (including phenoxy) is 1. The van der Waals surface area contributed by atoms with Gasteiger partial charge >= 0.3 is 8.80 Å². The first-order valence-corrected chi connectivity index (χ1v) is 12.0. The van der Waals surface area contributed by atoms with Crippen LogP contribution in [0.5, 0.6) is 0 Å². The molecule has 0 aromatic heterocycles. The molecule has 1 aliphatic rings. The van der Waals surface area contributed by atoms with Crippen LogP contribution >= 0.6 is 0 Å². The number of hydrogen-bond acceptors (Lipinski definition) is 4. The fraction of sp³-hybridized carbons (Fsp3) is 0.714. The SMILES string of the molecule is CCCc1ccc([C@H]2CC[C@H](OCCC[Si](OC)(OC)OC)CC2)cc1. The molecule has 4 nitrogen and oxygen atoms in total. The van der Waals surface area contributed by atoms with E-state index >= 15 is 0 Å². The summed E-state index contributed by atoms with van der Waals surface area (Å²) >= 11 is 0. The van der Waals surface area contributed by atoms with Gasteiger partial charge in [-0.25, -0.2) is 0 Å². The van der Waals surface area contributed by atoms with Crippen molar-refractivity contribution in [3.05, 3.63) is 35.4 Å². The van der Waals surface area contributed by atoms with Gasteiger partial charge in [0.25, 0.3) is 0 Å². The van der Waals surface area contributed by atoms with Crippen LogP contribution in [0.1, 0.15) is 62.5 Å². The molecule has 0 saturated heterocycles. The van der Waals surface area contributed by atoms with Crippen molar-refractivity contribution in [2.45, 2.75) is 69.9 Å². The minimum Gasteiger partial charge on any atom is -0.378 e. The fourth-order valence-electron chi connectivity index (χ4n) is 3.90. The summed E-state index contributed by atoms with van der Waals surface area (Å²) in [7, 11) is 2.54. The predicted molar refractivity (Wildman–Crippen MR) is 108 cm³/mol. The third-order valence-electron chi connectivity index (χ3n) is 5.58. The van der Waals surface area contributed by atoms with Crippen LogP contribution in [0.2, 0.25) is 6.04 Å². The van der Waals surface area contributed by atoms with E-state index in [9.17, 15) is 0 Å². The van der Waals surface area contributed by atoms with E-state index in [1.54, 1.807) is 21.3 Å². The Morgan fingerprint density at radius 3 is 2.08 bits per heavy atom. The van der Waals surface area contributed by atoms with Crippen LogP contribution in [0.15, 0.2) is 24.3 Å². The highest BCUT2D eigenvalue weighted by atomic mass is 28.4. The Morgan fingerprint density at radius 2 is 1.54 bits per heavy atom. The van der Waals surface area contributed by atoms with Crippen molar-refractivity contribution in [3.8, 4) is 0 Å². The average Bonchev–Trinajstić information content (AvgIpc) is 2.70. The number of benzene rings is 1. The predicted octanol–water partition coefficient (Wildman–Crippen LogP) is 4.95. The molecule has 1 aliphatic carbocycles. The van der Waals surface area contributed by atoms with Gasteiger partial charge in [-0.05, 0) is 55.6 Å². The Bertz CT molecular complexity index is 485. The van der Waals surface area contributed by atoms with Gasteiger partial charge in [0.2, 0.25) is 0 Å². The molecule has 0 spiro atoms. The van der Waals surface area contributed by atoms with Gasteiger partial charge in [-0.2, -0.15) is 0 Å². The molecule has 2 rings (SSSR count). The maximum atomic E-state index is 6.10. The van der Waals surface area contributed by atoms with Gasteiger partial charge in [-0.3, -0.25) is 0 Å². The second kappa shape index (κ2) is 11.2. The minimum absolute atomic E-state index is 0.398. The molecule has 1 aromatic rings. The van der Waals surface area contributed by atoms with E-state index < -0.39 is 8.80 Å². The Labute approximate surface area is 160 Å². The van der Waals surface area contributed by atoms with Crippen molar-refractivity contribution in [1.82, 2.24) is 0 Å². The summed E-state index contributed by atoms with van der Waals surface area (Å²) < 4.78 is 22.5. The number of rotatable bonds is 11. The Kier molecular flexibility index (Phi) is 9.29. The molecule has 0 heterocycles. The molecule has 1 fully saturated rings. The van der Waals surface area contributed by atoms with Gasteiger partial charge in [0.05, 0.1) is 6.10 Å². The van der Waals surface area contributed by atoms with E-state index in [4.69, 9.17) is 18.0 Å². The molecule has 0 aliphatic heterocycles. The van der Waals surface area contributed by atoms with E-state index in [1.807, 2.05) is 0 Å². The van der Waals surface area contributed by atoms with Crippen LogP contribution < -0.4 is 0 Å². The Hall–Kier alpha value is -0.723. The summed E-state index contributed by atoms with van der Waals surface area (Å²) in [6.45, 7) is 2.99. The number of hydrogen-bond donors (Lipinski definition) is 0. The van der Waals surface area contributed by atoms with Crippen LogP contribution in [0.25, 0.3) is 0 Å². The van der Waals surface area contributed by atoms with Gasteiger partial charge in [0.15, 0.2) is 0 Å². The lowest BCUT2D eigenvalue weighted by atomic mass is 9.82. The molecule has 5 heteroatoms. The normalized spacial score (nSPS) is 21.1. The van der Waals surface area contributed by atoms with Crippen LogP contribution in [0, 0.1) is 0 Å². The third-order valence-corrected chi connectivity index (χ3v) is 8.41. The highest BCUT2D eigenvalue weighted by molar-refractivity contribution is 6.60. The molecule has 0 N–H and O–H groups in total. The first-order valence-electron chi connectivity index (χ1n) is 10.0. The molecule has 0 atom stereocenters. The van der Waals surface area contributed by atoms with Gasteiger partial charge < -0.3 is 18.0 Å². The fourth-order valence-corrected chi connectivity index (χ4v) is 5.59. The summed E-state index contributed by atoms with van der Waals surface area (Å²) in [6, 6.07) is 10.1. The Balaban J connectivity index is 1.68. The molecule has 0 amide bonds. The monoisotopic (exact) mass is 380 g/mol. The summed E-state index contributed by atoms with van der Waals surface area (Å²) in [5, 5.41) is 0. The van der Waals surface area contributed by atoms with Gasteiger partial charge in [-0.1, -0.05) is 37.6 Å². The molecular weight excluding hydrogens is 344 g/mol. The number of aryl methyl sites for hydroxylation is 1. The molecule has 0 radical (unpaired) electrons. The van der Waals surface area contributed by atoms with E-state index in [0.717, 1.165) is 31.9 Å². The Morgan fingerprint density at radius 1 is 0.923 bits per heavy atom. The highest BCUT2D eigenvalue weighted by Gasteiger charge is 2.37.